The van der Waals surface area contributed by atoms with Crippen molar-refractivity contribution in [3.8, 4) is 0 Å². The molecule has 0 amide bonds. The predicted molar refractivity (Wildman–Crippen MR) is 42.9 cm³/mol. The van der Waals surface area contributed by atoms with Gasteiger partial charge < -0.3 is 0 Å². The molecule has 10 heavy (non-hydrogen) atoms. The van der Waals surface area contributed by atoms with E-state index in [1.165, 1.54) is 0 Å². The van der Waals surface area contributed by atoms with E-state index in [1.54, 1.807) is 0 Å². The van der Waals surface area contributed by atoms with Gasteiger partial charge in [0.2, 0.25) is 0 Å². The van der Waals surface area contributed by atoms with Gasteiger partial charge in [-0.25, -0.2) is 0 Å². The van der Waals surface area contributed by atoms with Gasteiger partial charge in [-0.1, -0.05) is 24.3 Å². The minimum absolute atomic E-state index is 0.755. The number of rotatable bonds is 0. The molecule has 2 aliphatic heterocycles. The first-order valence-electron chi connectivity index (χ1n) is 3.97. The molecule has 3 atom stereocenters. The quantitative estimate of drug-likeness (QED) is 0.360. The highest BCUT2D eigenvalue weighted by Gasteiger charge is 2.40. The van der Waals surface area contributed by atoms with Crippen molar-refractivity contribution in [3.63, 3.8) is 0 Å². The molecular formula is C9H13N. The van der Waals surface area contributed by atoms with E-state index in [1.807, 2.05) is 0 Å². The number of hydrogen-bond acceptors (Lipinski definition) is 1. The third kappa shape index (κ3) is 0.907. The third-order valence-electron chi connectivity index (χ3n) is 2.40. The summed E-state index contributed by atoms with van der Waals surface area (Å²) in [6.45, 7) is 3.43. The second kappa shape index (κ2) is 2.24. The minimum Gasteiger partial charge on any atom is -0.287 e. The van der Waals surface area contributed by atoms with Gasteiger partial charge in [0, 0.05) is 18.6 Å². The Bertz CT molecular complexity index is 181. The Morgan fingerprint density at radius 1 is 1.30 bits per heavy atom. The molecule has 0 saturated carbocycles. The summed E-state index contributed by atoms with van der Waals surface area (Å²) >= 11 is 0. The fourth-order valence-electron chi connectivity index (χ4n) is 1.58. The highest BCUT2D eigenvalue weighted by Crippen LogP contribution is 2.29. The Labute approximate surface area is 62.0 Å². The van der Waals surface area contributed by atoms with Gasteiger partial charge in [0.1, 0.15) is 0 Å². The van der Waals surface area contributed by atoms with Crippen molar-refractivity contribution < 1.29 is 0 Å². The first-order chi connectivity index (χ1) is 4.89. The number of allylic oxidation sites excluding steroid dienone is 2. The van der Waals surface area contributed by atoms with Gasteiger partial charge in [-0.3, -0.25) is 4.90 Å². The molecule has 2 heterocycles. The van der Waals surface area contributed by atoms with Crippen LogP contribution < -0.4 is 0 Å². The molecule has 0 aromatic carbocycles. The molecule has 3 unspecified atom stereocenters. The lowest BCUT2D eigenvalue weighted by molar-refractivity contribution is 0.558. The molecule has 2 aliphatic rings. The Hall–Kier alpha value is -0.560. The molecular weight excluding hydrogens is 122 g/mol. The summed E-state index contributed by atoms with van der Waals surface area (Å²) in [5, 5.41) is 0. The molecule has 0 spiro atoms. The lowest BCUT2D eigenvalue weighted by Gasteiger charge is -1.96. The zero-order valence-corrected chi connectivity index (χ0v) is 6.33. The van der Waals surface area contributed by atoms with Crippen LogP contribution in [-0.2, 0) is 0 Å². The smallest absolute Gasteiger partial charge is 0.0438 e. The molecule has 1 fully saturated rings. The normalized spacial score (nSPS) is 50.3. The van der Waals surface area contributed by atoms with E-state index < -0.39 is 0 Å². The highest BCUT2D eigenvalue weighted by atomic mass is 15.3. The maximum absolute atomic E-state index is 2.48. The molecule has 0 bridgehead atoms. The summed E-state index contributed by atoms with van der Waals surface area (Å²) < 4.78 is 0. The average Bonchev–Trinajstić information content (AvgIpc) is 2.39. The van der Waals surface area contributed by atoms with Gasteiger partial charge in [0.05, 0.1) is 0 Å². The maximum Gasteiger partial charge on any atom is 0.0438 e. The molecule has 0 aromatic rings. The van der Waals surface area contributed by atoms with Gasteiger partial charge in [-0.2, -0.15) is 0 Å². The van der Waals surface area contributed by atoms with Crippen LogP contribution in [0.3, 0.4) is 0 Å². The van der Waals surface area contributed by atoms with Crippen molar-refractivity contribution in [1.82, 2.24) is 4.90 Å². The van der Waals surface area contributed by atoms with Crippen LogP contribution in [0.5, 0.6) is 0 Å². The van der Waals surface area contributed by atoms with Crippen molar-refractivity contribution in [1.29, 1.82) is 0 Å². The number of hydrogen-bond donors (Lipinski definition) is 0. The Morgan fingerprint density at radius 3 is 3.10 bits per heavy atom. The van der Waals surface area contributed by atoms with Crippen LogP contribution in [0.15, 0.2) is 24.3 Å². The molecule has 0 N–H and O–H groups in total. The van der Waals surface area contributed by atoms with Crippen LogP contribution in [0.1, 0.15) is 13.3 Å². The van der Waals surface area contributed by atoms with Crippen molar-refractivity contribution in [2.24, 2.45) is 0 Å². The molecule has 1 nitrogen and oxygen atoms in total. The topological polar surface area (TPSA) is 3.01 Å². The number of fused-ring (bicyclic) bond motifs is 1. The van der Waals surface area contributed by atoms with E-state index >= 15 is 0 Å². The van der Waals surface area contributed by atoms with Gasteiger partial charge in [0.25, 0.3) is 0 Å². The zero-order chi connectivity index (χ0) is 6.97. The predicted octanol–water partition coefficient (Wildman–Crippen LogP) is 1.58. The van der Waals surface area contributed by atoms with E-state index in [0.717, 1.165) is 25.0 Å². The number of nitrogens with zero attached hydrogens (tertiary/aromatic N) is 1. The average molecular weight is 135 g/mol. The molecule has 54 valence electrons. The standard InChI is InChI=1S/C9H13N/c1-8-9-6-4-2-3-5-7-10(8)9/h3-6,8-9H,2,7H2,1H3/b5-3+,6-4+. The van der Waals surface area contributed by atoms with Crippen LogP contribution in [0.25, 0.3) is 0 Å². The monoisotopic (exact) mass is 135 g/mol. The van der Waals surface area contributed by atoms with Crippen molar-refractivity contribution in [3.05, 3.63) is 24.3 Å². The SMILES string of the molecule is CC1C2/C=C/C/C=C/CN12. The summed E-state index contributed by atoms with van der Waals surface area (Å²) in [5.41, 5.74) is 0. The summed E-state index contributed by atoms with van der Waals surface area (Å²) in [5.74, 6) is 0. The Kier molecular flexibility index (Phi) is 1.38. The summed E-state index contributed by atoms with van der Waals surface area (Å²) in [6.07, 6.45) is 10.2. The van der Waals surface area contributed by atoms with Gasteiger partial charge in [-0.05, 0) is 13.3 Å². The fraction of sp³-hybridized carbons (Fsp3) is 0.556. The zero-order valence-electron chi connectivity index (χ0n) is 6.33. The van der Waals surface area contributed by atoms with E-state index in [-0.39, 0.29) is 0 Å². The maximum atomic E-state index is 2.48. The van der Waals surface area contributed by atoms with Crippen molar-refractivity contribution in [2.75, 3.05) is 6.54 Å². The van der Waals surface area contributed by atoms with E-state index in [0.29, 0.717) is 0 Å². The van der Waals surface area contributed by atoms with Crippen LogP contribution in [-0.4, -0.2) is 23.5 Å². The van der Waals surface area contributed by atoms with Crippen LogP contribution in [0.4, 0.5) is 0 Å². The van der Waals surface area contributed by atoms with E-state index in [4.69, 9.17) is 0 Å². The molecule has 0 radical (unpaired) electrons. The van der Waals surface area contributed by atoms with Gasteiger partial charge in [0.15, 0.2) is 0 Å². The van der Waals surface area contributed by atoms with Crippen LogP contribution in [0.2, 0.25) is 0 Å². The molecule has 2 rings (SSSR count). The summed E-state index contributed by atoms with van der Waals surface area (Å²) in [4.78, 5) is 2.48. The molecule has 1 saturated heterocycles. The van der Waals surface area contributed by atoms with Crippen molar-refractivity contribution in [2.45, 2.75) is 25.4 Å². The molecule has 1 heteroatoms. The van der Waals surface area contributed by atoms with Gasteiger partial charge in [-0.15, -0.1) is 0 Å². The van der Waals surface area contributed by atoms with E-state index in [2.05, 4.69) is 36.1 Å². The van der Waals surface area contributed by atoms with Crippen LogP contribution >= 0.6 is 0 Å². The summed E-state index contributed by atoms with van der Waals surface area (Å²) in [7, 11) is 0. The van der Waals surface area contributed by atoms with Crippen LogP contribution in [0, 0.1) is 0 Å². The lowest BCUT2D eigenvalue weighted by Crippen LogP contribution is -2.01. The summed E-state index contributed by atoms with van der Waals surface area (Å²) in [6, 6.07) is 1.55. The second-order valence-corrected chi connectivity index (χ2v) is 3.06. The largest absolute Gasteiger partial charge is 0.287 e. The molecule has 0 aromatic heterocycles. The third-order valence-corrected chi connectivity index (χ3v) is 2.40. The Morgan fingerprint density at radius 2 is 2.20 bits per heavy atom. The van der Waals surface area contributed by atoms with Crippen molar-refractivity contribution >= 4 is 0 Å². The first-order valence-corrected chi connectivity index (χ1v) is 3.97. The first kappa shape index (κ1) is 6.17. The Balaban J connectivity index is 2.07. The second-order valence-electron chi connectivity index (χ2n) is 3.06. The minimum atomic E-state index is 0.755. The fourth-order valence-corrected chi connectivity index (χ4v) is 1.58. The van der Waals surface area contributed by atoms with Gasteiger partial charge >= 0.3 is 0 Å². The highest BCUT2D eigenvalue weighted by molar-refractivity contribution is 5.16. The molecule has 0 aliphatic carbocycles. The lowest BCUT2D eigenvalue weighted by atomic mass is 10.2. The van der Waals surface area contributed by atoms with E-state index in [9.17, 15) is 0 Å².